The largest absolute Gasteiger partial charge is 2.00 e. The Bertz CT molecular complexity index is 160. The topological polar surface area (TPSA) is 46.5 Å². The predicted octanol–water partition coefficient (Wildman–Crippen LogP) is 1.48. The van der Waals surface area contributed by atoms with Crippen LogP contribution in [-0.2, 0) is 9.09 Å². The van der Waals surface area contributed by atoms with E-state index in [0.29, 0.717) is 0 Å². The van der Waals surface area contributed by atoms with Crippen LogP contribution in [0.2, 0.25) is 0 Å². The minimum absolute atomic E-state index is 0. The first-order chi connectivity index (χ1) is 4.21. The first-order valence-electron chi connectivity index (χ1n) is 1.94. The van der Waals surface area contributed by atoms with Gasteiger partial charge in [-0.25, -0.2) is 4.57 Å². The molecule has 1 unspecified atom stereocenters. The second kappa shape index (κ2) is 4.61. The van der Waals surface area contributed by atoms with Gasteiger partial charge in [0.25, 0.3) is 0 Å². The van der Waals surface area contributed by atoms with Crippen molar-refractivity contribution in [3.63, 3.8) is 0 Å². The number of halogens is 4. The Morgan fingerprint density at radius 1 is 1.55 bits per heavy atom. The van der Waals surface area contributed by atoms with Crippen molar-refractivity contribution < 1.29 is 34.2 Å². The van der Waals surface area contributed by atoms with Crippen LogP contribution in [0, 0.1) is 0 Å². The molecule has 0 rings (SSSR count). The van der Waals surface area contributed by atoms with Gasteiger partial charge in [0.1, 0.15) is 0 Å². The molecule has 0 aliphatic heterocycles. The average molecular weight is 208 g/mol. The normalized spacial score (nSPS) is 16.8. The Kier molecular flexibility index (Phi) is 5.94. The summed E-state index contributed by atoms with van der Waals surface area (Å²) in [5.41, 5.74) is 0. The summed E-state index contributed by atoms with van der Waals surface area (Å²) in [6.45, 7) is -2.06. The van der Waals surface area contributed by atoms with Gasteiger partial charge >= 0.3 is 37.1 Å². The minimum Gasteiger partial charge on any atom is -1.00 e. The maximum atomic E-state index is 11.3. The van der Waals surface area contributed by atoms with Crippen LogP contribution in [-0.4, -0.2) is 40.7 Å². The van der Waals surface area contributed by atoms with Crippen molar-refractivity contribution in [1.82, 2.24) is 0 Å². The van der Waals surface area contributed by atoms with Gasteiger partial charge in [0, 0.05) is 0 Å². The predicted molar refractivity (Wildman–Crippen MR) is 30.9 cm³/mol. The van der Waals surface area contributed by atoms with Crippen LogP contribution >= 0.6 is 7.91 Å². The number of hydrogen-bond acceptors (Lipinski definition) is 2. The van der Waals surface area contributed by atoms with Crippen LogP contribution in [0.25, 0.3) is 0 Å². The van der Waals surface area contributed by atoms with E-state index in [1.807, 2.05) is 0 Å². The molecule has 1 N–H and O–H groups in total. The molecule has 0 saturated carbocycles. The first kappa shape index (κ1) is 14.2. The van der Waals surface area contributed by atoms with Crippen molar-refractivity contribution in [2.24, 2.45) is 0 Å². The summed E-state index contributed by atoms with van der Waals surface area (Å²) in [5, 5.41) is 0. The average Bonchev–Trinajstić information content (AvgIpc) is 1.57. The van der Waals surface area contributed by atoms with Gasteiger partial charge in [-0.3, -0.25) is 9.42 Å². The van der Waals surface area contributed by atoms with Gasteiger partial charge < -0.3 is 2.85 Å². The second-order valence-electron chi connectivity index (χ2n) is 1.34. The molecule has 0 aromatic heterocycles. The zero-order chi connectivity index (χ0) is 8.41. The van der Waals surface area contributed by atoms with Crippen molar-refractivity contribution in [1.29, 1.82) is 0 Å². The summed E-state index contributed by atoms with van der Waals surface area (Å²) in [6.07, 6.45) is -4.79. The Hall–Kier alpha value is 0.636. The SMILES string of the molecule is O=P(O)(F)OCC(F)(F)F.[H-].[H-].[Mg+2]. The maximum absolute atomic E-state index is 11.3. The van der Waals surface area contributed by atoms with Crippen molar-refractivity contribution in [2.45, 2.75) is 6.18 Å². The summed E-state index contributed by atoms with van der Waals surface area (Å²) in [6, 6.07) is 0. The number of alkyl halides is 3. The Balaban J connectivity index is -0.000000135. The van der Waals surface area contributed by atoms with Gasteiger partial charge in [0.05, 0.1) is 0 Å². The van der Waals surface area contributed by atoms with E-state index >= 15 is 0 Å². The minimum atomic E-state index is -5.48. The van der Waals surface area contributed by atoms with Crippen LogP contribution < -0.4 is 0 Å². The van der Waals surface area contributed by atoms with E-state index in [4.69, 9.17) is 4.89 Å². The van der Waals surface area contributed by atoms with E-state index in [1.165, 1.54) is 0 Å². The third kappa shape index (κ3) is 13.6. The number of hydrogen-bond donors (Lipinski definition) is 1. The van der Waals surface area contributed by atoms with Crippen LogP contribution in [0.1, 0.15) is 2.85 Å². The molecule has 0 amide bonds. The number of rotatable bonds is 2. The smallest absolute Gasteiger partial charge is 1.00 e. The van der Waals surface area contributed by atoms with E-state index in [2.05, 4.69) is 4.52 Å². The van der Waals surface area contributed by atoms with Crippen LogP contribution in [0.15, 0.2) is 0 Å². The fourth-order valence-corrected chi connectivity index (χ4v) is 0.458. The molecule has 11 heavy (non-hydrogen) atoms. The third-order valence-electron chi connectivity index (χ3n) is 0.387. The molecule has 0 heterocycles. The molecule has 0 saturated heterocycles. The van der Waals surface area contributed by atoms with E-state index in [9.17, 15) is 21.9 Å². The summed E-state index contributed by atoms with van der Waals surface area (Å²) < 4.78 is 56.8. The maximum Gasteiger partial charge on any atom is 2.00 e. The molecular weight excluding hydrogens is 203 g/mol. The molecule has 0 aromatic carbocycles. The second-order valence-corrected chi connectivity index (χ2v) is 2.50. The van der Waals surface area contributed by atoms with E-state index < -0.39 is 20.7 Å². The fraction of sp³-hybridized carbons (Fsp3) is 1.00. The summed E-state index contributed by atoms with van der Waals surface area (Å²) in [4.78, 5) is 7.55. The van der Waals surface area contributed by atoms with E-state index in [0.717, 1.165) is 0 Å². The van der Waals surface area contributed by atoms with Gasteiger partial charge in [0.2, 0.25) is 0 Å². The molecule has 66 valence electrons. The zero-order valence-electron chi connectivity index (χ0n) is 7.14. The molecule has 0 bridgehead atoms. The van der Waals surface area contributed by atoms with Crippen LogP contribution in [0.3, 0.4) is 0 Å². The molecule has 3 nitrogen and oxygen atoms in total. The van der Waals surface area contributed by atoms with E-state index in [1.54, 1.807) is 0 Å². The molecule has 0 aliphatic carbocycles. The van der Waals surface area contributed by atoms with Gasteiger partial charge in [-0.15, -0.1) is 4.20 Å². The summed E-state index contributed by atoms with van der Waals surface area (Å²) >= 11 is 0. The fourth-order valence-electron chi connectivity index (χ4n) is 0.153. The van der Waals surface area contributed by atoms with Gasteiger partial charge in [-0.2, -0.15) is 13.2 Å². The van der Waals surface area contributed by atoms with Gasteiger partial charge in [0.15, 0.2) is 6.61 Å². The third-order valence-corrected chi connectivity index (χ3v) is 0.835. The molecular formula is C2H5F4MgO3P. The Labute approximate surface area is 78.5 Å². The van der Waals surface area contributed by atoms with Crippen LogP contribution in [0.4, 0.5) is 17.4 Å². The first-order valence-corrected chi connectivity index (χ1v) is 3.41. The zero-order valence-corrected chi connectivity index (χ0v) is 7.45. The summed E-state index contributed by atoms with van der Waals surface area (Å²) in [5.74, 6) is 0. The Morgan fingerprint density at radius 2 is 1.91 bits per heavy atom. The molecule has 0 fully saturated rings. The molecule has 9 heteroatoms. The van der Waals surface area contributed by atoms with Crippen molar-refractivity contribution in [3.05, 3.63) is 0 Å². The summed E-state index contributed by atoms with van der Waals surface area (Å²) in [7, 11) is -5.48. The van der Waals surface area contributed by atoms with Crippen LogP contribution in [0.5, 0.6) is 0 Å². The van der Waals surface area contributed by atoms with Crippen molar-refractivity contribution >= 4 is 31.0 Å². The van der Waals surface area contributed by atoms with E-state index in [-0.39, 0.29) is 25.9 Å². The van der Waals surface area contributed by atoms with Crippen molar-refractivity contribution in [2.75, 3.05) is 6.61 Å². The monoisotopic (exact) mass is 208 g/mol. The Morgan fingerprint density at radius 3 is 2.00 bits per heavy atom. The molecule has 0 aliphatic rings. The molecule has 0 radical (unpaired) electrons. The quantitative estimate of drug-likeness (QED) is 0.425. The standard InChI is InChI=1S/C2H3F4O3P.Mg.2H/c3-2(4,5)1-9-10(6,7)8;;;/h1H2,(H,7,8);;;/q;+2;2*-1. The van der Waals surface area contributed by atoms with Crippen molar-refractivity contribution in [3.8, 4) is 0 Å². The van der Waals surface area contributed by atoms with Gasteiger partial charge in [-0.1, -0.05) is 0 Å². The molecule has 0 aromatic rings. The molecule has 1 atom stereocenters. The molecule has 0 spiro atoms. The van der Waals surface area contributed by atoms with Gasteiger partial charge in [-0.05, 0) is 0 Å².